The lowest BCUT2D eigenvalue weighted by atomic mass is 10.2. The van der Waals surface area contributed by atoms with E-state index in [9.17, 15) is 8.42 Å². The van der Waals surface area contributed by atoms with Crippen molar-refractivity contribution in [3.05, 3.63) is 28.8 Å². The first-order valence-electron chi connectivity index (χ1n) is 5.49. The summed E-state index contributed by atoms with van der Waals surface area (Å²) in [5, 5.41) is 0.468. The van der Waals surface area contributed by atoms with Crippen LogP contribution in [0, 0.1) is 0 Å². The Labute approximate surface area is 112 Å². The molecule has 3 N–H and O–H groups in total. The van der Waals surface area contributed by atoms with Gasteiger partial charge in [0.1, 0.15) is 5.75 Å². The van der Waals surface area contributed by atoms with Gasteiger partial charge >= 0.3 is 0 Å². The van der Waals surface area contributed by atoms with Crippen LogP contribution in [0.25, 0.3) is 0 Å². The van der Waals surface area contributed by atoms with E-state index in [0.29, 0.717) is 29.3 Å². The third-order valence-corrected chi connectivity index (χ3v) is 4.15. The Hall–Kier alpha value is -0.820. The van der Waals surface area contributed by atoms with E-state index in [0.717, 1.165) is 0 Å². The molecule has 0 unspecified atom stereocenters. The summed E-state index contributed by atoms with van der Waals surface area (Å²) in [4.78, 5) is 0. The lowest BCUT2D eigenvalue weighted by Gasteiger charge is -2.11. The van der Waals surface area contributed by atoms with E-state index in [-0.39, 0.29) is 12.3 Å². The van der Waals surface area contributed by atoms with Gasteiger partial charge < -0.3 is 10.5 Å². The molecule has 0 fully saturated rings. The summed E-state index contributed by atoms with van der Waals surface area (Å²) in [6.45, 7) is 0.450. The Kier molecular flexibility index (Phi) is 5.87. The zero-order valence-corrected chi connectivity index (χ0v) is 11.7. The van der Waals surface area contributed by atoms with Crippen molar-refractivity contribution >= 4 is 21.6 Å². The van der Waals surface area contributed by atoms with Crippen LogP contribution in [0.15, 0.2) is 18.2 Å². The summed E-state index contributed by atoms with van der Waals surface area (Å²) in [6.07, 6.45) is 0.426. The fourth-order valence-corrected chi connectivity index (χ4v) is 2.72. The molecular weight excluding hydrogens is 276 g/mol. The predicted octanol–water partition coefficient (Wildman–Crippen LogP) is 1.12. The molecule has 0 saturated heterocycles. The highest BCUT2D eigenvalue weighted by Crippen LogP contribution is 2.25. The van der Waals surface area contributed by atoms with E-state index >= 15 is 0 Å². The van der Waals surface area contributed by atoms with Crippen molar-refractivity contribution in [2.24, 2.45) is 5.73 Å². The first kappa shape index (κ1) is 15.2. The topological polar surface area (TPSA) is 81.4 Å². The van der Waals surface area contributed by atoms with Crippen LogP contribution in [-0.4, -0.2) is 27.8 Å². The molecular formula is C11H17ClN2O3S. The second-order valence-electron chi connectivity index (χ2n) is 3.70. The summed E-state index contributed by atoms with van der Waals surface area (Å²) in [5.74, 6) is 0.569. The Morgan fingerprint density at radius 3 is 2.78 bits per heavy atom. The smallest absolute Gasteiger partial charge is 0.211 e. The number of hydrogen-bond donors (Lipinski definition) is 2. The predicted molar refractivity (Wildman–Crippen MR) is 72.3 cm³/mol. The number of benzene rings is 1. The molecule has 102 valence electrons. The number of nitrogens with two attached hydrogens (primary N) is 1. The van der Waals surface area contributed by atoms with Crippen LogP contribution < -0.4 is 15.2 Å². The zero-order chi connectivity index (χ0) is 13.6. The monoisotopic (exact) mass is 292 g/mol. The molecule has 18 heavy (non-hydrogen) atoms. The Morgan fingerprint density at radius 2 is 2.17 bits per heavy atom. The standard InChI is InChI=1S/C11H17ClN2O3S/c1-17-11-5-2-4-10(12)9(11)8-14-18(15,16)7-3-6-13/h2,4-5,14H,3,6-8,13H2,1H3. The van der Waals surface area contributed by atoms with Gasteiger partial charge in [-0.1, -0.05) is 17.7 Å². The molecule has 7 heteroatoms. The molecule has 0 aliphatic rings. The lowest BCUT2D eigenvalue weighted by Crippen LogP contribution is -2.27. The maximum Gasteiger partial charge on any atom is 0.211 e. The molecule has 0 aliphatic carbocycles. The molecule has 1 aromatic rings. The van der Waals surface area contributed by atoms with Gasteiger partial charge in [-0.3, -0.25) is 0 Å². The fourth-order valence-electron chi connectivity index (χ4n) is 1.43. The van der Waals surface area contributed by atoms with Gasteiger partial charge in [0.15, 0.2) is 0 Å². The van der Waals surface area contributed by atoms with Gasteiger partial charge in [-0.05, 0) is 25.1 Å². The van der Waals surface area contributed by atoms with E-state index in [4.69, 9.17) is 22.1 Å². The number of sulfonamides is 1. The molecule has 0 amide bonds. The molecule has 0 aromatic heterocycles. The summed E-state index contributed by atoms with van der Waals surface area (Å²) >= 11 is 6.01. The van der Waals surface area contributed by atoms with Gasteiger partial charge in [0.05, 0.1) is 12.9 Å². The minimum atomic E-state index is -3.33. The second-order valence-corrected chi connectivity index (χ2v) is 6.04. The third-order valence-electron chi connectivity index (χ3n) is 2.38. The highest BCUT2D eigenvalue weighted by molar-refractivity contribution is 7.89. The largest absolute Gasteiger partial charge is 0.496 e. The van der Waals surface area contributed by atoms with Crippen molar-refractivity contribution in [2.45, 2.75) is 13.0 Å². The molecule has 1 rings (SSSR count). The molecule has 0 atom stereocenters. The highest BCUT2D eigenvalue weighted by atomic mass is 35.5. The molecule has 0 bridgehead atoms. The van der Waals surface area contributed by atoms with Gasteiger partial charge in [0.25, 0.3) is 0 Å². The number of hydrogen-bond acceptors (Lipinski definition) is 4. The van der Waals surface area contributed by atoms with Crippen molar-refractivity contribution in [3.8, 4) is 5.75 Å². The lowest BCUT2D eigenvalue weighted by molar-refractivity contribution is 0.409. The van der Waals surface area contributed by atoms with Crippen molar-refractivity contribution in [1.82, 2.24) is 4.72 Å². The first-order valence-corrected chi connectivity index (χ1v) is 7.52. The van der Waals surface area contributed by atoms with Crippen LogP contribution >= 0.6 is 11.6 Å². The number of nitrogens with one attached hydrogen (secondary N) is 1. The summed E-state index contributed by atoms with van der Waals surface area (Å²) < 4.78 is 30.9. The highest BCUT2D eigenvalue weighted by Gasteiger charge is 2.13. The van der Waals surface area contributed by atoms with Gasteiger partial charge in [0.2, 0.25) is 10.0 Å². The molecule has 0 spiro atoms. The average Bonchev–Trinajstić information content (AvgIpc) is 2.34. The first-order chi connectivity index (χ1) is 8.50. The number of ether oxygens (including phenoxy) is 1. The number of rotatable bonds is 7. The van der Waals surface area contributed by atoms with Gasteiger partial charge in [-0.25, -0.2) is 13.1 Å². The molecule has 0 aliphatic heterocycles. The maximum absolute atomic E-state index is 11.6. The van der Waals surface area contributed by atoms with Gasteiger partial charge in [-0.15, -0.1) is 0 Å². The quantitative estimate of drug-likeness (QED) is 0.789. The SMILES string of the molecule is COc1cccc(Cl)c1CNS(=O)(=O)CCCN. The van der Waals surface area contributed by atoms with E-state index < -0.39 is 10.0 Å². The Bertz CT molecular complexity index is 491. The van der Waals surface area contributed by atoms with Crippen molar-refractivity contribution in [2.75, 3.05) is 19.4 Å². The van der Waals surface area contributed by atoms with Gasteiger partial charge in [0, 0.05) is 17.1 Å². The Balaban J connectivity index is 2.74. The zero-order valence-electron chi connectivity index (χ0n) is 10.1. The molecule has 5 nitrogen and oxygen atoms in total. The minimum absolute atomic E-state index is 0.0102. The third kappa shape index (κ3) is 4.45. The van der Waals surface area contributed by atoms with Gasteiger partial charge in [-0.2, -0.15) is 0 Å². The van der Waals surface area contributed by atoms with Crippen molar-refractivity contribution in [1.29, 1.82) is 0 Å². The van der Waals surface area contributed by atoms with E-state index in [2.05, 4.69) is 4.72 Å². The summed E-state index contributed by atoms with van der Waals surface area (Å²) in [5.41, 5.74) is 5.90. The minimum Gasteiger partial charge on any atom is -0.496 e. The van der Waals surface area contributed by atoms with Crippen LogP contribution in [0.2, 0.25) is 5.02 Å². The van der Waals surface area contributed by atoms with Crippen LogP contribution in [0.1, 0.15) is 12.0 Å². The van der Waals surface area contributed by atoms with E-state index in [1.165, 1.54) is 7.11 Å². The van der Waals surface area contributed by atoms with Crippen molar-refractivity contribution < 1.29 is 13.2 Å². The maximum atomic E-state index is 11.6. The summed E-state index contributed by atoms with van der Waals surface area (Å²) in [6, 6.07) is 5.16. The van der Waals surface area contributed by atoms with E-state index in [1.54, 1.807) is 18.2 Å². The average molecular weight is 293 g/mol. The molecule has 0 saturated carbocycles. The van der Waals surface area contributed by atoms with E-state index in [1.807, 2.05) is 0 Å². The van der Waals surface area contributed by atoms with Crippen LogP contribution in [0.5, 0.6) is 5.75 Å². The number of methoxy groups -OCH3 is 1. The Morgan fingerprint density at radius 1 is 1.44 bits per heavy atom. The molecule has 0 heterocycles. The number of halogens is 1. The fraction of sp³-hybridized carbons (Fsp3) is 0.455. The second kappa shape index (κ2) is 6.94. The van der Waals surface area contributed by atoms with Crippen LogP contribution in [0.3, 0.4) is 0 Å². The normalized spacial score (nSPS) is 11.5. The molecule has 0 radical (unpaired) electrons. The molecule has 1 aromatic carbocycles. The summed E-state index contributed by atoms with van der Waals surface area (Å²) in [7, 11) is -1.82. The van der Waals surface area contributed by atoms with Crippen LogP contribution in [0.4, 0.5) is 0 Å². The van der Waals surface area contributed by atoms with Crippen molar-refractivity contribution in [3.63, 3.8) is 0 Å². The van der Waals surface area contributed by atoms with Crippen LogP contribution in [-0.2, 0) is 16.6 Å².